The van der Waals surface area contributed by atoms with E-state index in [1.165, 1.54) is 17.5 Å². The van der Waals surface area contributed by atoms with Gasteiger partial charge in [-0.1, -0.05) is 6.92 Å². The molecule has 3 rings (SSSR count). The van der Waals surface area contributed by atoms with E-state index in [1.807, 2.05) is 6.92 Å². The van der Waals surface area contributed by atoms with E-state index in [-0.39, 0.29) is 0 Å². The van der Waals surface area contributed by atoms with Crippen LogP contribution in [0.5, 0.6) is 5.75 Å². The number of rotatable bonds is 0. The quantitative estimate of drug-likeness (QED) is 0.745. The normalized spacial score (nSPS) is 19.6. The number of fused-ring (bicyclic) bond motifs is 2. The lowest BCUT2D eigenvalue weighted by atomic mass is 9.81. The summed E-state index contributed by atoms with van der Waals surface area (Å²) in [5, 5.41) is 11.5. The number of benzene rings is 1. The summed E-state index contributed by atoms with van der Waals surface area (Å²) in [6.07, 6.45) is 5.01. The van der Waals surface area contributed by atoms with Crippen LogP contribution in [-0.2, 0) is 12.8 Å². The Morgan fingerprint density at radius 3 is 2.82 bits per heavy atom. The van der Waals surface area contributed by atoms with Crippen LogP contribution in [0.1, 0.15) is 35.6 Å². The minimum absolute atomic E-state index is 0.375. The number of hydrogen-bond donors (Lipinski definition) is 1. The second kappa shape index (κ2) is 3.52. The zero-order valence-corrected chi connectivity index (χ0v) is 10.6. The molecule has 1 atom stereocenters. The molecule has 1 N–H and O–H groups in total. The van der Waals surface area contributed by atoms with Crippen LogP contribution in [-0.4, -0.2) is 5.11 Å². The van der Waals surface area contributed by atoms with Gasteiger partial charge in [0.1, 0.15) is 0 Å². The van der Waals surface area contributed by atoms with E-state index in [2.05, 4.69) is 13.8 Å². The van der Waals surface area contributed by atoms with Gasteiger partial charge in [0, 0.05) is 10.9 Å². The minimum Gasteiger partial charge on any atom is -0.504 e. The van der Waals surface area contributed by atoms with Crippen LogP contribution in [0.4, 0.5) is 0 Å². The molecule has 0 bridgehead atoms. The summed E-state index contributed by atoms with van der Waals surface area (Å²) >= 11 is 0. The monoisotopic (exact) mass is 230 g/mol. The Morgan fingerprint density at radius 1 is 1.29 bits per heavy atom. The maximum atomic E-state index is 10.4. The van der Waals surface area contributed by atoms with E-state index in [1.54, 1.807) is 6.26 Å². The molecule has 0 fully saturated rings. The number of phenols is 1. The predicted octanol–water partition coefficient (Wildman–Crippen LogP) is 3.88. The van der Waals surface area contributed by atoms with Gasteiger partial charge in [0.2, 0.25) is 0 Å². The molecule has 0 saturated carbocycles. The number of furan rings is 1. The largest absolute Gasteiger partial charge is 0.504 e. The standard InChI is InChI=1S/C15H18O2/c1-8-4-5-11-10(3)13-9(2)7-17-15(13)14(16)12(11)6-8/h7-8,16H,4-6H2,1-3H3/t8-/m0/s1. The van der Waals surface area contributed by atoms with Gasteiger partial charge < -0.3 is 9.52 Å². The van der Waals surface area contributed by atoms with Crippen LogP contribution in [0.15, 0.2) is 10.7 Å². The summed E-state index contributed by atoms with van der Waals surface area (Å²) in [7, 11) is 0. The van der Waals surface area contributed by atoms with E-state index >= 15 is 0 Å². The lowest BCUT2D eigenvalue weighted by Crippen LogP contribution is -2.13. The van der Waals surface area contributed by atoms with Crippen LogP contribution in [0.3, 0.4) is 0 Å². The lowest BCUT2D eigenvalue weighted by molar-refractivity contribution is 0.433. The maximum Gasteiger partial charge on any atom is 0.176 e. The molecule has 1 aliphatic carbocycles. The van der Waals surface area contributed by atoms with Gasteiger partial charge in [-0.25, -0.2) is 0 Å². The highest BCUT2D eigenvalue weighted by molar-refractivity contribution is 5.91. The van der Waals surface area contributed by atoms with Crippen LogP contribution < -0.4 is 0 Å². The van der Waals surface area contributed by atoms with Crippen molar-refractivity contribution in [3.8, 4) is 5.75 Å². The Balaban J connectivity index is 2.39. The fourth-order valence-electron chi connectivity index (χ4n) is 3.14. The molecule has 90 valence electrons. The summed E-state index contributed by atoms with van der Waals surface area (Å²) in [5.74, 6) is 1.03. The number of aryl methyl sites for hydroxylation is 2. The lowest BCUT2D eigenvalue weighted by Gasteiger charge is -2.24. The highest BCUT2D eigenvalue weighted by Crippen LogP contribution is 2.41. The highest BCUT2D eigenvalue weighted by Gasteiger charge is 2.24. The van der Waals surface area contributed by atoms with Crippen molar-refractivity contribution in [3.05, 3.63) is 28.5 Å². The SMILES string of the molecule is Cc1coc2c(O)c3c(c(C)c12)CC[C@H](C)C3. The van der Waals surface area contributed by atoms with E-state index in [9.17, 15) is 5.11 Å². The zero-order chi connectivity index (χ0) is 12.2. The molecule has 0 spiro atoms. The molecule has 0 amide bonds. The van der Waals surface area contributed by atoms with Crippen LogP contribution >= 0.6 is 0 Å². The average molecular weight is 230 g/mol. The van der Waals surface area contributed by atoms with Crippen molar-refractivity contribution in [3.63, 3.8) is 0 Å². The molecule has 0 aliphatic heterocycles. The van der Waals surface area contributed by atoms with Crippen molar-refractivity contribution < 1.29 is 9.52 Å². The Hall–Kier alpha value is -1.44. The second-order valence-electron chi connectivity index (χ2n) is 5.40. The molecular weight excluding hydrogens is 212 g/mol. The van der Waals surface area contributed by atoms with Gasteiger partial charge in [0.05, 0.1) is 6.26 Å². The van der Waals surface area contributed by atoms with Gasteiger partial charge in [-0.05, 0) is 55.7 Å². The summed E-state index contributed by atoms with van der Waals surface area (Å²) in [6, 6.07) is 0. The van der Waals surface area contributed by atoms with Crippen molar-refractivity contribution in [2.45, 2.75) is 40.0 Å². The molecule has 1 aromatic carbocycles. The molecule has 1 aromatic heterocycles. The summed E-state index contributed by atoms with van der Waals surface area (Å²) in [5.41, 5.74) is 5.55. The maximum absolute atomic E-state index is 10.4. The molecule has 17 heavy (non-hydrogen) atoms. The van der Waals surface area contributed by atoms with Crippen molar-refractivity contribution in [1.29, 1.82) is 0 Å². The van der Waals surface area contributed by atoms with E-state index < -0.39 is 0 Å². The molecule has 1 heterocycles. The van der Waals surface area contributed by atoms with Crippen LogP contribution in [0.25, 0.3) is 11.0 Å². The van der Waals surface area contributed by atoms with Gasteiger partial charge in [-0.3, -0.25) is 0 Å². The zero-order valence-electron chi connectivity index (χ0n) is 10.6. The summed E-state index contributed by atoms with van der Waals surface area (Å²) in [6.45, 7) is 6.44. The first kappa shape index (κ1) is 10.7. The summed E-state index contributed by atoms with van der Waals surface area (Å²) < 4.78 is 5.51. The van der Waals surface area contributed by atoms with Gasteiger partial charge >= 0.3 is 0 Å². The van der Waals surface area contributed by atoms with Crippen molar-refractivity contribution in [2.75, 3.05) is 0 Å². The van der Waals surface area contributed by atoms with E-state index in [0.29, 0.717) is 17.3 Å². The fraction of sp³-hybridized carbons (Fsp3) is 0.467. The van der Waals surface area contributed by atoms with Gasteiger partial charge in [-0.2, -0.15) is 0 Å². The van der Waals surface area contributed by atoms with Crippen molar-refractivity contribution >= 4 is 11.0 Å². The molecule has 1 aliphatic rings. The van der Waals surface area contributed by atoms with E-state index in [0.717, 1.165) is 29.4 Å². The second-order valence-corrected chi connectivity index (χ2v) is 5.40. The van der Waals surface area contributed by atoms with Gasteiger partial charge in [0.15, 0.2) is 11.3 Å². The first-order chi connectivity index (χ1) is 8.09. The van der Waals surface area contributed by atoms with Crippen LogP contribution in [0, 0.1) is 19.8 Å². The molecule has 2 heteroatoms. The predicted molar refractivity (Wildman–Crippen MR) is 68.5 cm³/mol. The van der Waals surface area contributed by atoms with Gasteiger partial charge in [0.25, 0.3) is 0 Å². The average Bonchev–Trinajstić information content (AvgIpc) is 2.68. The molecule has 2 nitrogen and oxygen atoms in total. The minimum atomic E-state index is 0.375. The molecule has 0 radical (unpaired) electrons. The first-order valence-electron chi connectivity index (χ1n) is 6.30. The topological polar surface area (TPSA) is 33.4 Å². The summed E-state index contributed by atoms with van der Waals surface area (Å²) in [4.78, 5) is 0. The number of hydrogen-bond acceptors (Lipinski definition) is 2. The molecule has 2 aromatic rings. The fourth-order valence-corrected chi connectivity index (χ4v) is 3.14. The van der Waals surface area contributed by atoms with Gasteiger partial charge in [-0.15, -0.1) is 0 Å². The van der Waals surface area contributed by atoms with E-state index in [4.69, 9.17) is 4.42 Å². The van der Waals surface area contributed by atoms with Crippen LogP contribution in [0.2, 0.25) is 0 Å². The smallest absolute Gasteiger partial charge is 0.176 e. The van der Waals surface area contributed by atoms with Crippen molar-refractivity contribution in [1.82, 2.24) is 0 Å². The molecular formula is C15H18O2. The van der Waals surface area contributed by atoms with Crippen molar-refractivity contribution in [2.24, 2.45) is 5.92 Å². The molecule has 0 saturated heterocycles. The number of phenolic OH excluding ortho intramolecular Hbond substituents is 1. The Kier molecular flexibility index (Phi) is 2.22. The number of aromatic hydroxyl groups is 1. The molecule has 0 unspecified atom stereocenters. The third-order valence-corrected chi connectivity index (χ3v) is 4.11. The Bertz CT molecular complexity index is 593. The first-order valence-corrected chi connectivity index (χ1v) is 6.30. The Labute approximate surface area is 101 Å². The Morgan fingerprint density at radius 2 is 2.06 bits per heavy atom. The highest BCUT2D eigenvalue weighted by atomic mass is 16.3. The third kappa shape index (κ3) is 1.40. The third-order valence-electron chi connectivity index (χ3n) is 4.11.